The van der Waals surface area contributed by atoms with E-state index in [9.17, 15) is 13.2 Å². The number of pyridine rings is 1. The van der Waals surface area contributed by atoms with Crippen LogP contribution in [-0.2, 0) is 14.6 Å². The van der Waals surface area contributed by atoms with Gasteiger partial charge in [-0.15, -0.1) is 5.10 Å². The molecule has 0 unspecified atom stereocenters. The number of carbonyl (C=O) groups excluding carboxylic acids is 1. The van der Waals surface area contributed by atoms with Gasteiger partial charge in [0.1, 0.15) is 11.5 Å². The highest BCUT2D eigenvalue weighted by Crippen LogP contribution is 2.30. The first-order valence-corrected chi connectivity index (χ1v) is 9.80. The number of ether oxygens (including phenoxy) is 1. The van der Waals surface area contributed by atoms with E-state index in [-0.39, 0.29) is 5.95 Å². The number of fused-ring (bicyclic) bond motifs is 1. The minimum absolute atomic E-state index is 0.0482. The number of carbonyl (C=O) groups is 1. The lowest BCUT2D eigenvalue weighted by Gasteiger charge is -2.09. The van der Waals surface area contributed by atoms with Crippen LogP contribution in [0.4, 0.5) is 5.95 Å². The van der Waals surface area contributed by atoms with Crippen molar-refractivity contribution >= 4 is 27.3 Å². The monoisotopic (exact) mass is 374 g/mol. The molecule has 0 aliphatic heterocycles. The fourth-order valence-corrected chi connectivity index (χ4v) is 3.09. The Labute approximate surface area is 150 Å². The Hall–Kier alpha value is -2.94. The molecule has 0 bridgehead atoms. The van der Waals surface area contributed by atoms with E-state index in [0.29, 0.717) is 5.65 Å². The zero-order valence-corrected chi connectivity index (χ0v) is 15.4. The number of methoxy groups -OCH3 is 1. The number of benzene rings is 1. The number of rotatable bonds is 5. The van der Waals surface area contributed by atoms with E-state index in [1.54, 1.807) is 19.4 Å². The van der Waals surface area contributed by atoms with Gasteiger partial charge < -0.3 is 4.74 Å². The van der Waals surface area contributed by atoms with Crippen LogP contribution in [0.15, 0.2) is 36.5 Å². The molecule has 3 rings (SSSR count). The summed E-state index contributed by atoms with van der Waals surface area (Å²) in [6, 6.07) is 9.50. The molecular formula is C17H18N4O4S. The Balaban J connectivity index is 1.93. The van der Waals surface area contributed by atoms with Gasteiger partial charge in [0.05, 0.1) is 7.11 Å². The molecule has 0 fully saturated rings. The molecule has 8 nitrogen and oxygen atoms in total. The summed E-state index contributed by atoms with van der Waals surface area (Å²) in [5, 5.41) is 6.58. The van der Waals surface area contributed by atoms with E-state index < -0.39 is 21.5 Å². The van der Waals surface area contributed by atoms with E-state index >= 15 is 0 Å². The van der Waals surface area contributed by atoms with E-state index in [2.05, 4.69) is 15.4 Å². The second-order valence-electron chi connectivity index (χ2n) is 5.98. The van der Waals surface area contributed by atoms with Crippen molar-refractivity contribution < 1.29 is 17.9 Å². The summed E-state index contributed by atoms with van der Waals surface area (Å²) in [5.74, 6) is -0.512. The van der Waals surface area contributed by atoms with Crippen LogP contribution in [-0.4, -0.2) is 48.0 Å². The second-order valence-corrected chi connectivity index (χ2v) is 8.12. The summed E-state index contributed by atoms with van der Waals surface area (Å²) >= 11 is 0. The van der Waals surface area contributed by atoms with Gasteiger partial charge in [-0.3, -0.25) is 10.1 Å². The zero-order valence-electron chi connectivity index (χ0n) is 14.6. The molecule has 2 aromatic heterocycles. The predicted octanol–water partition coefficient (Wildman–Crippen LogP) is 1.70. The molecule has 0 saturated carbocycles. The molecule has 0 radical (unpaired) electrons. The van der Waals surface area contributed by atoms with Crippen LogP contribution in [0.2, 0.25) is 0 Å². The van der Waals surface area contributed by atoms with Crippen LogP contribution in [0.3, 0.4) is 0 Å². The molecule has 1 amide bonds. The van der Waals surface area contributed by atoms with Crippen molar-refractivity contribution in [2.45, 2.75) is 6.92 Å². The molecule has 2 heterocycles. The molecule has 0 aliphatic carbocycles. The SMILES string of the molecule is COc1ccc(C)cc1-c1ccc2nc(NC(=O)CS(C)(=O)=O)nn2c1. The predicted molar refractivity (Wildman–Crippen MR) is 98.1 cm³/mol. The molecule has 1 N–H and O–H groups in total. The van der Waals surface area contributed by atoms with Crippen LogP contribution >= 0.6 is 0 Å². The first kappa shape index (κ1) is 17.9. The third-order valence-corrected chi connectivity index (χ3v) is 4.43. The smallest absolute Gasteiger partial charge is 0.249 e. The number of hydrogen-bond donors (Lipinski definition) is 1. The lowest BCUT2D eigenvalue weighted by molar-refractivity contribution is -0.113. The fraction of sp³-hybridized carbons (Fsp3) is 0.235. The minimum atomic E-state index is -3.42. The Morgan fingerprint density at radius 1 is 1.27 bits per heavy atom. The highest BCUT2D eigenvalue weighted by Gasteiger charge is 2.14. The molecule has 0 saturated heterocycles. The van der Waals surface area contributed by atoms with Gasteiger partial charge >= 0.3 is 0 Å². The number of nitrogens with one attached hydrogen (secondary N) is 1. The van der Waals surface area contributed by atoms with Gasteiger partial charge in [-0.05, 0) is 31.2 Å². The summed E-state index contributed by atoms with van der Waals surface area (Å²) in [4.78, 5) is 15.9. The van der Waals surface area contributed by atoms with E-state index in [0.717, 1.165) is 28.7 Å². The molecule has 136 valence electrons. The van der Waals surface area contributed by atoms with Crippen molar-refractivity contribution in [3.05, 3.63) is 42.1 Å². The van der Waals surface area contributed by atoms with Crippen LogP contribution < -0.4 is 10.1 Å². The summed E-state index contributed by atoms with van der Waals surface area (Å²) in [6.07, 6.45) is 2.76. The lowest BCUT2D eigenvalue weighted by Crippen LogP contribution is -2.22. The third kappa shape index (κ3) is 3.99. The molecule has 0 aliphatic rings. The molecule has 3 aromatic rings. The van der Waals surface area contributed by atoms with E-state index in [1.165, 1.54) is 4.52 Å². The maximum absolute atomic E-state index is 11.7. The first-order chi connectivity index (χ1) is 12.2. The lowest BCUT2D eigenvalue weighted by atomic mass is 10.0. The highest BCUT2D eigenvalue weighted by molar-refractivity contribution is 7.91. The third-order valence-electron chi connectivity index (χ3n) is 3.64. The number of aromatic nitrogens is 3. The number of hydrogen-bond acceptors (Lipinski definition) is 6. The maximum atomic E-state index is 11.7. The Morgan fingerprint density at radius 3 is 2.73 bits per heavy atom. The summed E-state index contributed by atoms with van der Waals surface area (Å²) in [5.41, 5.74) is 3.40. The Kier molecular flexibility index (Phi) is 4.64. The molecule has 0 spiro atoms. The average molecular weight is 374 g/mol. The summed E-state index contributed by atoms with van der Waals surface area (Å²) in [6.45, 7) is 1.99. The standard InChI is InChI=1S/C17H18N4O4S/c1-11-4-6-14(25-2)13(8-11)12-5-7-15-18-17(20-21(15)9-12)19-16(22)10-26(3,23)24/h4-9H,10H2,1-3H3,(H,19,20,22). The quantitative estimate of drug-likeness (QED) is 0.729. The number of amides is 1. The van der Waals surface area contributed by atoms with Crippen LogP contribution in [0.5, 0.6) is 5.75 Å². The Bertz CT molecular complexity index is 1090. The van der Waals surface area contributed by atoms with E-state index in [4.69, 9.17) is 4.74 Å². The number of sulfone groups is 1. The van der Waals surface area contributed by atoms with Crippen molar-refractivity contribution in [2.75, 3.05) is 24.4 Å². The molecule has 9 heteroatoms. The second kappa shape index (κ2) is 6.75. The van der Waals surface area contributed by atoms with Gasteiger partial charge in [-0.2, -0.15) is 4.98 Å². The topological polar surface area (TPSA) is 103 Å². The highest BCUT2D eigenvalue weighted by atomic mass is 32.2. The van der Waals surface area contributed by atoms with Gasteiger partial charge in [0, 0.05) is 23.6 Å². The molecule has 26 heavy (non-hydrogen) atoms. The van der Waals surface area contributed by atoms with Gasteiger partial charge in [0.25, 0.3) is 0 Å². The van der Waals surface area contributed by atoms with Gasteiger partial charge in [0.2, 0.25) is 11.9 Å². The molecule has 1 aromatic carbocycles. The number of anilines is 1. The van der Waals surface area contributed by atoms with Crippen LogP contribution in [0.1, 0.15) is 5.56 Å². The van der Waals surface area contributed by atoms with Crippen molar-refractivity contribution in [2.24, 2.45) is 0 Å². The van der Waals surface area contributed by atoms with Crippen molar-refractivity contribution in [1.29, 1.82) is 0 Å². The number of nitrogens with zero attached hydrogens (tertiary/aromatic N) is 3. The zero-order chi connectivity index (χ0) is 18.9. The van der Waals surface area contributed by atoms with Crippen molar-refractivity contribution in [3.63, 3.8) is 0 Å². The Morgan fingerprint density at radius 2 is 2.04 bits per heavy atom. The number of aryl methyl sites for hydroxylation is 1. The van der Waals surface area contributed by atoms with Gasteiger partial charge in [-0.25, -0.2) is 12.9 Å². The largest absolute Gasteiger partial charge is 0.496 e. The normalized spacial score (nSPS) is 11.5. The fourth-order valence-electron chi connectivity index (χ4n) is 2.54. The van der Waals surface area contributed by atoms with E-state index in [1.807, 2.05) is 31.2 Å². The molecular weight excluding hydrogens is 356 g/mol. The summed E-state index contributed by atoms with van der Waals surface area (Å²) in [7, 11) is -1.81. The first-order valence-electron chi connectivity index (χ1n) is 7.74. The summed E-state index contributed by atoms with van der Waals surface area (Å²) < 4.78 is 29.3. The van der Waals surface area contributed by atoms with Crippen molar-refractivity contribution in [1.82, 2.24) is 14.6 Å². The van der Waals surface area contributed by atoms with Crippen molar-refractivity contribution in [3.8, 4) is 16.9 Å². The minimum Gasteiger partial charge on any atom is -0.496 e. The maximum Gasteiger partial charge on any atom is 0.249 e. The van der Waals surface area contributed by atoms with Gasteiger partial charge in [0.15, 0.2) is 15.5 Å². The molecule has 0 atom stereocenters. The van der Waals surface area contributed by atoms with Crippen LogP contribution in [0, 0.1) is 6.92 Å². The average Bonchev–Trinajstić information content (AvgIpc) is 2.93. The van der Waals surface area contributed by atoms with Crippen LogP contribution in [0.25, 0.3) is 16.8 Å². The van der Waals surface area contributed by atoms with Gasteiger partial charge in [-0.1, -0.05) is 11.6 Å².